The zero-order valence-electron chi connectivity index (χ0n) is 13.7. The van der Waals surface area contributed by atoms with Crippen LogP contribution < -0.4 is 5.32 Å². The van der Waals surface area contributed by atoms with Gasteiger partial charge in [-0.2, -0.15) is 0 Å². The minimum absolute atomic E-state index is 0.0112. The minimum atomic E-state index is 0.0112. The summed E-state index contributed by atoms with van der Waals surface area (Å²) in [5.41, 5.74) is 0. The van der Waals surface area contributed by atoms with Crippen LogP contribution in [0.2, 0.25) is 0 Å². The quantitative estimate of drug-likeness (QED) is 0.900. The van der Waals surface area contributed by atoms with E-state index in [0.717, 1.165) is 50.2 Å². The lowest BCUT2D eigenvalue weighted by atomic mass is 9.83. The molecule has 1 N–H and O–H groups in total. The number of piperidine rings is 1. The molecule has 1 unspecified atom stereocenters. The number of hydrogen-bond donors (Lipinski definition) is 1. The fourth-order valence-electron chi connectivity index (χ4n) is 3.31. The Balaban J connectivity index is 1.48. The summed E-state index contributed by atoms with van der Waals surface area (Å²) in [5.74, 6) is 0.705. The molecule has 23 heavy (non-hydrogen) atoms. The highest BCUT2D eigenvalue weighted by atomic mass is 32.1. The molecular formula is C17H25N3O2S. The van der Waals surface area contributed by atoms with Gasteiger partial charge in [-0.3, -0.25) is 9.59 Å². The summed E-state index contributed by atoms with van der Waals surface area (Å²) < 4.78 is 0. The van der Waals surface area contributed by atoms with Crippen molar-refractivity contribution in [2.24, 2.45) is 11.8 Å². The van der Waals surface area contributed by atoms with E-state index in [1.807, 2.05) is 10.3 Å². The van der Waals surface area contributed by atoms with Gasteiger partial charge in [0, 0.05) is 36.5 Å². The Hall–Kier alpha value is -1.43. The molecule has 2 heterocycles. The van der Waals surface area contributed by atoms with Gasteiger partial charge in [0.15, 0.2) is 0 Å². The number of nitrogens with zero attached hydrogens (tertiary/aromatic N) is 2. The number of likely N-dealkylation sites (tertiary alicyclic amines) is 1. The van der Waals surface area contributed by atoms with Gasteiger partial charge in [0.2, 0.25) is 11.8 Å². The molecule has 0 radical (unpaired) electrons. The van der Waals surface area contributed by atoms with Crippen LogP contribution in [0.3, 0.4) is 0 Å². The third-order valence-electron chi connectivity index (χ3n) is 5.11. The maximum absolute atomic E-state index is 12.5. The fourth-order valence-corrected chi connectivity index (χ4v) is 4.08. The van der Waals surface area contributed by atoms with Crippen LogP contribution in [0, 0.1) is 11.8 Å². The summed E-state index contributed by atoms with van der Waals surface area (Å²) in [4.78, 5) is 31.0. The van der Waals surface area contributed by atoms with Gasteiger partial charge >= 0.3 is 0 Å². The highest BCUT2D eigenvalue weighted by Crippen LogP contribution is 2.30. The summed E-state index contributed by atoms with van der Waals surface area (Å²) in [7, 11) is 0. The van der Waals surface area contributed by atoms with Gasteiger partial charge in [-0.1, -0.05) is 13.3 Å². The van der Waals surface area contributed by atoms with E-state index in [1.54, 1.807) is 17.5 Å². The SMILES string of the molecule is CCC(NC(=O)C1CCN(C(=O)C2CCC2)CC1)c1nccs1. The van der Waals surface area contributed by atoms with Crippen molar-refractivity contribution in [1.29, 1.82) is 0 Å². The molecule has 0 bridgehead atoms. The standard InChI is InChI=1S/C17H25N3O2S/c1-2-14(16-18-8-11-23-16)19-15(21)12-6-9-20(10-7-12)17(22)13-4-3-5-13/h8,11-14H,2-7,9-10H2,1H3,(H,19,21). The summed E-state index contributed by atoms with van der Waals surface area (Å²) in [6.07, 6.45) is 7.45. The van der Waals surface area contributed by atoms with E-state index in [9.17, 15) is 9.59 Å². The lowest BCUT2D eigenvalue weighted by molar-refractivity contribution is -0.141. The van der Waals surface area contributed by atoms with Gasteiger partial charge in [-0.15, -0.1) is 11.3 Å². The molecule has 1 atom stereocenters. The molecule has 1 aliphatic carbocycles. The van der Waals surface area contributed by atoms with Crippen molar-refractivity contribution in [3.63, 3.8) is 0 Å². The van der Waals surface area contributed by atoms with Gasteiger partial charge in [0.25, 0.3) is 0 Å². The third kappa shape index (κ3) is 3.74. The highest BCUT2D eigenvalue weighted by molar-refractivity contribution is 7.09. The van der Waals surface area contributed by atoms with Crippen LogP contribution in [-0.4, -0.2) is 34.8 Å². The first kappa shape index (κ1) is 16.4. The molecule has 1 saturated carbocycles. The van der Waals surface area contributed by atoms with Crippen molar-refractivity contribution < 1.29 is 9.59 Å². The van der Waals surface area contributed by atoms with Gasteiger partial charge in [-0.25, -0.2) is 4.98 Å². The molecule has 3 rings (SSSR count). The Morgan fingerprint density at radius 3 is 2.57 bits per heavy atom. The molecule has 0 aromatic carbocycles. The molecule has 1 saturated heterocycles. The number of carbonyl (C=O) groups excluding carboxylic acids is 2. The van der Waals surface area contributed by atoms with Crippen LogP contribution in [0.1, 0.15) is 56.5 Å². The summed E-state index contributed by atoms with van der Waals surface area (Å²) >= 11 is 1.58. The van der Waals surface area contributed by atoms with Gasteiger partial charge in [0.1, 0.15) is 5.01 Å². The van der Waals surface area contributed by atoms with Crippen LogP contribution in [0.4, 0.5) is 0 Å². The van der Waals surface area contributed by atoms with E-state index in [4.69, 9.17) is 0 Å². The molecule has 2 amide bonds. The maximum atomic E-state index is 12.5. The Morgan fingerprint density at radius 1 is 1.30 bits per heavy atom. The van der Waals surface area contributed by atoms with Crippen molar-refractivity contribution in [3.05, 3.63) is 16.6 Å². The monoisotopic (exact) mass is 335 g/mol. The van der Waals surface area contributed by atoms with E-state index >= 15 is 0 Å². The van der Waals surface area contributed by atoms with Crippen LogP contribution in [0.25, 0.3) is 0 Å². The zero-order chi connectivity index (χ0) is 16.2. The molecular weight excluding hydrogens is 310 g/mol. The van der Waals surface area contributed by atoms with Crippen molar-refractivity contribution >= 4 is 23.2 Å². The number of thiazole rings is 1. The summed E-state index contributed by atoms with van der Waals surface area (Å²) in [6, 6.07) is 0.0112. The summed E-state index contributed by atoms with van der Waals surface area (Å²) in [5, 5.41) is 6.04. The topological polar surface area (TPSA) is 62.3 Å². The van der Waals surface area contributed by atoms with Gasteiger partial charge in [-0.05, 0) is 32.1 Å². The Kier molecular flexibility index (Phi) is 5.30. The maximum Gasteiger partial charge on any atom is 0.225 e. The Bertz CT molecular complexity index is 534. The lowest BCUT2D eigenvalue weighted by Gasteiger charge is -2.36. The first-order valence-corrected chi connectivity index (χ1v) is 9.55. The fraction of sp³-hybridized carbons (Fsp3) is 0.706. The second kappa shape index (κ2) is 7.43. The first-order valence-electron chi connectivity index (χ1n) is 8.67. The van der Waals surface area contributed by atoms with Crippen LogP contribution >= 0.6 is 11.3 Å². The van der Waals surface area contributed by atoms with E-state index in [-0.39, 0.29) is 23.8 Å². The molecule has 1 aromatic rings. The third-order valence-corrected chi connectivity index (χ3v) is 6.00. The number of nitrogens with one attached hydrogen (secondary N) is 1. The number of amides is 2. The number of carbonyl (C=O) groups is 2. The normalized spacial score (nSPS) is 20.8. The highest BCUT2D eigenvalue weighted by Gasteiger charge is 2.33. The van der Waals surface area contributed by atoms with Crippen molar-refractivity contribution in [1.82, 2.24) is 15.2 Å². The number of rotatable bonds is 5. The van der Waals surface area contributed by atoms with Gasteiger partial charge in [0.05, 0.1) is 6.04 Å². The predicted octanol–water partition coefficient (Wildman–Crippen LogP) is 2.75. The Labute approximate surface area is 141 Å². The van der Waals surface area contributed by atoms with Crippen LogP contribution in [0.15, 0.2) is 11.6 Å². The average molecular weight is 335 g/mol. The molecule has 5 nitrogen and oxygen atoms in total. The molecule has 1 aliphatic heterocycles. The van der Waals surface area contributed by atoms with Gasteiger partial charge < -0.3 is 10.2 Å². The lowest BCUT2D eigenvalue weighted by Crippen LogP contribution is -2.46. The second-order valence-corrected chi connectivity index (χ2v) is 7.49. The summed E-state index contributed by atoms with van der Waals surface area (Å²) in [6.45, 7) is 3.51. The first-order chi connectivity index (χ1) is 11.2. The average Bonchev–Trinajstić information content (AvgIpc) is 3.05. The van der Waals surface area contributed by atoms with Crippen molar-refractivity contribution in [2.75, 3.05) is 13.1 Å². The van der Waals surface area contributed by atoms with E-state index in [0.29, 0.717) is 5.91 Å². The van der Waals surface area contributed by atoms with E-state index < -0.39 is 0 Å². The zero-order valence-corrected chi connectivity index (χ0v) is 14.5. The molecule has 2 fully saturated rings. The number of hydrogen-bond acceptors (Lipinski definition) is 4. The molecule has 1 aromatic heterocycles. The van der Waals surface area contributed by atoms with Crippen LogP contribution in [0.5, 0.6) is 0 Å². The molecule has 2 aliphatic rings. The van der Waals surface area contributed by atoms with Crippen LogP contribution in [-0.2, 0) is 9.59 Å². The van der Waals surface area contributed by atoms with Crippen molar-refractivity contribution in [2.45, 2.75) is 51.5 Å². The van der Waals surface area contributed by atoms with E-state index in [2.05, 4.69) is 17.2 Å². The predicted molar refractivity (Wildman–Crippen MR) is 89.9 cm³/mol. The smallest absolute Gasteiger partial charge is 0.225 e. The van der Waals surface area contributed by atoms with Crippen molar-refractivity contribution in [3.8, 4) is 0 Å². The minimum Gasteiger partial charge on any atom is -0.347 e. The molecule has 126 valence electrons. The molecule has 6 heteroatoms. The van der Waals surface area contributed by atoms with E-state index in [1.165, 1.54) is 6.42 Å². The number of aromatic nitrogens is 1. The molecule has 0 spiro atoms. The second-order valence-electron chi connectivity index (χ2n) is 6.57. The largest absolute Gasteiger partial charge is 0.347 e. The Morgan fingerprint density at radius 2 is 2.04 bits per heavy atom.